The van der Waals surface area contributed by atoms with E-state index >= 15 is 0 Å². The fraction of sp³-hybridized carbons (Fsp3) is 0.214. The highest BCUT2D eigenvalue weighted by Gasteiger charge is 2.17. The molecule has 0 spiro atoms. The molecule has 2 aromatic rings. The van der Waals surface area contributed by atoms with Crippen molar-refractivity contribution in [2.75, 3.05) is 0 Å². The molecule has 6 heteroatoms. The van der Waals surface area contributed by atoms with Gasteiger partial charge in [0.15, 0.2) is 0 Å². The predicted octanol–water partition coefficient (Wildman–Crippen LogP) is 4.11. The van der Waals surface area contributed by atoms with Crippen LogP contribution in [0, 0.1) is 0 Å². The Balaban J connectivity index is 2.41. The van der Waals surface area contributed by atoms with E-state index in [1.807, 2.05) is 13.0 Å². The van der Waals surface area contributed by atoms with Crippen LogP contribution in [0.5, 0.6) is 0 Å². The zero-order chi connectivity index (χ0) is 14.5. The molecule has 0 radical (unpaired) electrons. The lowest BCUT2D eigenvalue weighted by molar-refractivity contribution is 0.105. The summed E-state index contributed by atoms with van der Waals surface area (Å²) in [4.78, 5) is 16.5. The molecule has 0 atom stereocenters. The lowest BCUT2D eigenvalue weighted by atomic mass is 10.1. The van der Waals surface area contributed by atoms with Crippen molar-refractivity contribution in [3.8, 4) is 0 Å². The molecule has 0 aliphatic carbocycles. The summed E-state index contributed by atoms with van der Waals surface area (Å²) in [6.45, 7) is 2.04. The largest absolute Gasteiger partial charge is 0.287 e. The average molecular weight is 310 g/mol. The second kappa shape index (κ2) is 6.68. The first-order chi connectivity index (χ1) is 9.63. The monoisotopic (exact) mass is 309 g/mol. The topological polar surface area (TPSA) is 47.8 Å². The molecule has 0 aliphatic heterocycles. The van der Waals surface area contributed by atoms with Crippen LogP contribution in [0.1, 0.15) is 30.1 Å². The van der Waals surface area contributed by atoms with Crippen molar-refractivity contribution in [2.45, 2.75) is 19.8 Å². The van der Waals surface area contributed by atoms with E-state index in [1.54, 1.807) is 18.2 Å². The number of rotatable bonds is 5. The number of ketones is 1. The second-order valence-corrected chi connectivity index (χ2v) is 5.02. The SMILES string of the molecule is CCC/C=C(/C(=O)c1ccc(Cl)cc1Cl)n1cncn1. The number of allylic oxidation sites excluding steroid dienone is 2. The zero-order valence-corrected chi connectivity index (χ0v) is 12.4. The van der Waals surface area contributed by atoms with E-state index in [1.165, 1.54) is 17.3 Å². The molecule has 2 rings (SSSR count). The molecule has 0 aliphatic rings. The van der Waals surface area contributed by atoms with Gasteiger partial charge in [-0.1, -0.05) is 42.6 Å². The molecular weight excluding hydrogens is 297 g/mol. The van der Waals surface area contributed by atoms with Gasteiger partial charge in [-0.05, 0) is 24.6 Å². The maximum atomic E-state index is 12.6. The van der Waals surface area contributed by atoms with Gasteiger partial charge in [0.05, 0.1) is 5.02 Å². The number of unbranched alkanes of at least 4 members (excludes halogenated alkanes) is 1. The second-order valence-electron chi connectivity index (χ2n) is 4.17. The van der Waals surface area contributed by atoms with Gasteiger partial charge >= 0.3 is 0 Å². The Kier molecular flexibility index (Phi) is 4.93. The summed E-state index contributed by atoms with van der Waals surface area (Å²) in [5.41, 5.74) is 0.836. The number of carbonyl (C=O) groups excluding carboxylic acids is 1. The molecule has 104 valence electrons. The molecule has 4 nitrogen and oxygen atoms in total. The van der Waals surface area contributed by atoms with Gasteiger partial charge in [-0.15, -0.1) is 0 Å². The third kappa shape index (κ3) is 3.26. The summed E-state index contributed by atoms with van der Waals surface area (Å²) >= 11 is 11.9. The Labute approximate surface area is 127 Å². The van der Waals surface area contributed by atoms with Crippen LogP contribution in [-0.4, -0.2) is 20.5 Å². The Hall–Kier alpha value is -1.65. The summed E-state index contributed by atoms with van der Waals surface area (Å²) in [6, 6.07) is 4.80. The predicted molar refractivity (Wildman–Crippen MR) is 80.0 cm³/mol. The number of carbonyl (C=O) groups is 1. The Morgan fingerprint density at radius 2 is 2.20 bits per heavy atom. The van der Waals surface area contributed by atoms with Crippen molar-refractivity contribution in [3.05, 3.63) is 52.5 Å². The van der Waals surface area contributed by atoms with Crippen LogP contribution in [0.4, 0.5) is 0 Å². The minimum atomic E-state index is -0.203. The van der Waals surface area contributed by atoms with Gasteiger partial charge in [0.2, 0.25) is 5.78 Å². The quantitative estimate of drug-likeness (QED) is 0.617. The van der Waals surface area contributed by atoms with Gasteiger partial charge in [-0.3, -0.25) is 4.79 Å². The van der Waals surface area contributed by atoms with Crippen LogP contribution in [0.2, 0.25) is 10.0 Å². The summed E-state index contributed by atoms with van der Waals surface area (Å²) in [7, 11) is 0. The van der Waals surface area contributed by atoms with E-state index in [9.17, 15) is 4.79 Å². The van der Waals surface area contributed by atoms with Crippen LogP contribution in [0.15, 0.2) is 36.9 Å². The van der Waals surface area contributed by atoms with Gasteiger partial charge in [-0.2, -0.15) is 5.10 Å². The highest BCUT2D eigenvalue weighted by Crippen LogP contribution is 2.24. The molecule has 1 aromatic carbocycles. The Bertz CT molecular complexity index is 636. The van der Waals surface area contributed by atoms with Crippen molar-refractivity contribution in [3.63, 3.8) is 0 Å². The van der Waals surface area contributed by atoms with Crippen molar-refractivity contribution >= 4 is 34.7 Å². The zero-order valence-electron chi connectivity index (χ0n) is 10.9. The van der Waals surface area contributed by atoms with Gasteiger partial charge < -0.3 is 0 Å². The number of Topliss-reactive ketones (excluding diaryl/α,β-unsaturated/α-hetero) is 1. The summed E-state index contributed by atoms with van der Waals surface area (Å²) in [6.07, 6.45) is 6.41. The summed E-state index contributed by atoms with van der Waals surface area (Å²) in [5.74, 6) is -0.203. The molecular formula is C14H13Cl2N3O. The third-order valence-corrected chi connectivity index (χ3v) is 3.25. The van der Waals surface area contributed by atoms with Crippen molar-refractivity contribution < 1.29 is 4.79 Å². The van der Waals surface area contributed by atoms with E-state index in [-0.39, 0.29) is 5.78 Å². The molecule has 0 N–H and O–H groups in total. The summed E-state index contributed by atoms with van der Waals surface area (Å²) in [5, 5.41) is 4.83. The van der Waals surface area contributed by atoms with Gasteiger partial charge in [0.1, 0.15) is 18.4 Å². The molecule has 0 saturated heterocycles. The first-order valence-corrected chi connectivity index (χ1v) is 6.94. The molecule has 0 amide bonds. The average Bonchev–Trinajstić information content (AvgIpc) is 2.93. The molecule has 0 unspecified atom stereocenters. The van der Waals surface area contributed by atoms with Crippen LogP contribution in [0.25, 0.3) is 5.70 Å². The van der Waals surface area contributed by atoms with E-state index in [0.717, 1.165) is 12.8 Å². The fourth-order valence-corrected chi connectivity index (χ4v) is 2.21. The Morgan fingerprint density at radius 1 is 1.40 bits per heavy atom. The normalized spacial score (nSPS) is 11.7. The smallest absolute Gasteiger partial charge is 0.212 e. The molecule has 0 bridgehead atoms. The summed E-state index contributed by atoms with van der Waals surface area (Å²) < 4.78 is 1.45. The number of nitrogens with zero attached hydrogens (tertiary/aromatic N) is 3. The van der Waals surface area contributed by atoms with E-state index in [0.29, 0.717) is 21.3 Å². The molecule has 1 aromatic heterocycles. The van der Waals surface area contributed by atoms with Gasteiger partial charge in [-0.25, -0.2) is 9.67 Å². The van der Waals surface area contributed by atoms with Crippen LogP contribution in [0.3, 0.4) is 0 Å². The highest BCUT2D eigenvalue weighted by atomic mass is 35.5. The van der Waals surface area contributed by atoms with Crippen molar-refractivity contribution in [1.82, 2.24) is 14.8 Å². The number of aromatic nitrogens is 3. The highest BCUT2D eigenvalue weighted by molar-refractivity contribution is 6.39. The van der Waals surface area contributed by atoms with Gasteiger partial charge in [0, 0.05) is 10.6 Å². The number of hydrogen-bond donors (Lipinski definition) is 0. The maximum Gasteiger partial charge on any atom is 0.212 e. The first kappa shape index (κ1) is 14.8. The number of benzene rings is 1. The van der Waals surface area contributed by atoms with E-state index < -0.39 is 0 Å². The van der Waals surface area contributed by atoms with Crippen molar-refractivity contribution in [1.29, 1.82) is 0 Å². The van der Waals surface area contributed by atoms with Crippen LogP contribution >= 0.6 is 23.2 Å². The van der Waals surface area contributed by atoms with Crippen LogP contribution in [-0.2, 0) is 0 Å². The third-order valence-electron chi connectivity index (χ3n) is 2.70. The Morgan fingerprint density at radius 3 is 2.80 bits per heavy atom. The molecule has 0 fully saturated rings. The van der Waals surface area contributed by atoms with Crippen molar-refractivity contribution in [2.24, 2.45) is 0 Å². The molecule has 1 heterocycles. The fourth-order valence-electron chi connectivity index (χ4n) is 1.72. The standard InChI is InChI=1S/C14H13Cl2N3O/c1-2-3-4-13(19-9-17-8-18-19)14(20)11-6-5-10(15)7-12(11)16/h4-9H,2-3H2,1H3/b13-4-. The first-order valence-electron chi connectivity index (χ1n) is 6.18. The maximum absolute atomic E-state index is 12.6. The number of halogens is 2. The minimum Gasteiger partial charge on any atom is -0.287 e. The minimum absolute atomic E-state index is 0.203. The lowest BCUT2D eigenvalue weighted by Crippen LogP contribution is -2.10. The lowest BCUT2D eigenvalue weighted by Gasteiger charge is -2.08. The number of hydrogen-bond acceptors (Lipinski definition) is 3. The van der Waals surface area contributed by atoms with Crippen LogP contribution < -0.4 is 0 Å². The van der Waals surface area contributed by atoms with E-state index in [2.05, 4.69) is 10.1 Å². The molecule has 20 heavy (non-hydrogen) atoms. The van der Waals surface area contributed by atoms with Gasteiger partial charge in [0.25, 0.3) is 0 Å². The van der Waals surface area contributed by atoms with E-state index in [4.69, 9.17) is 23.2 Å². The molecule has 0 saturated carbocycles.